The molecule has 82 valence electrons. The highest BCUT2D eigenvalue weighted by Crippen LogP contribution is 2.33. The Hall–Kier alpha value is -0.770. The maximum atomic E-state index is 11.3. The van der Waals surface area contributed by atoms with E-state index in [4.69, 9.17) is 4.74 Å². The number of likely N-dealkylation sites (N-methyl/N-ethyl adjacent to an activating group) is 1. The second-order valence-electron chi connectivity index (χ2n) is 4.89. The molecule has 0 aromatic heterocycles. The number of ether oxygens (including phenoxy) is 1. The number of hydrogen-bond acceptors (Lipinski definition) is 3. The van der Waals surface area contributed by atoms with Crippen LogP contribution in [0, 0.1) is 0 Å². The highest BCUT2D eigenvalue weighted by atomic mass is 16.6. The Bertz CT molecular complexity index is 217. The summed E-state index contributed by atoms with van der Waals surface area (Å²) in [5.41, 5.74) is -0.280. The van der Waals surface area contributed by atoms with E-state index in [1.807, 2.05) is 27.8 Å². The van der Waals surface area contributed by atoms with E-state index in [0.717, 1.165) is 12.8 Å². The van der Waals surface area contributed by atoms with Gasteiger partial charge in [-0.15, -0.1) is 0 Å². The van der Waals surface area contributed by atoms with E-state index in [1.54, 1.807) is 0 Å². The van der Waals surface area contributed by atoms with Crippen molar-refractivity contribution in [2.75, 3.05) is 13.6 Å². The van der Waals surface area contributed by atoms with Gasteiger partial charge in [0.25, 0.3) is 0 Å². The summed E-state index contributed by atoms with van der Waals surface area (Å²) < 4.78 is 5.13. The van der Waals surface area contributed by atoms with Crippen LogP contribution in [0.2, 0.25) is 0 Å². The molecule has 1 aliphatic carbocycles. The van der Waals surface area contributed by atoms with Gasteiger partial charge in [-0.05, 0) is 40.7 Å². The number of rotatable bonds is 3. The first kappa shape index (κ1) is 11.3. The SMILES string of the molecule is CNC1(CNC(=O)OC(C)(C)C)CC1. The van der Waals surface area contributed by atoms with E-state index in [2.05, 4.69) is 10.6 Å². The van der Waals surface area contributed by atoms with Gasteiger partial charge in [0.1, 0.15) is 5.60 Å². The predicted octanol–water partition coefficient (Wildman–Crippen LogP) is 1.26. The van der Waals surface area contributed by atoms with Crippen molar-refractivity contribution in [3.63, 3.8) is 0 Å². The van der Waals surface area contributed by atoms with Crippen LogP contribution in [0.15, 0.2) is 0 Å². The van der Waals surface area contributed by atoms with Crippen molar-refractivity contribution in [1.29, 1.82) is 0 Å². The van der Waals surface area contributed by atoms with E-state index in [0.29, 0.717) is 6.54 Å². The molecule has 0 saturated heterocycles. The zero-order valence-electron chi connectivity index (χ0n) is 9.44. The first-order valence-corrected chi connectivity index (χ1v) is 5.03. The highest BCUT2D eigenvalue weighted by Gasteiger charge is 2.41. The van der Waals surface area contributed by atoms with Crippen LogP contribution in [-0.2, 0) is 4.74 Å². The molecular weight excluding hydrogens is 180 g/mol. The van der Waals surface area contributed by atoms with Crippen LogP contribution in [0.25, 0.3) is 0 Å². The van der Waals surface area contributed by atoms with Gasteiger partial charge in [0.05, 0.1) is 0 Å². The fourth-order valence-electron chi connectivity index (χ4n) is 1.22. The van der Waals surface area contributed by atoms with Crippen molar-refractivity contribution >= 4 is 6.09 Å². The highest BCUT2D eigenvalue weighted by molar-refractivity contribution is 5.67. The maximum absolute atomic E-state index is 11.3. The summed E-state index contributed by atoms with van der Waals surface area (Å²) in [5, 5.41) is 5.97. The first-order valence-electron chi connectivity index (χ1n) is 5.03. The predicted molar refractivity (Wildman–Crippen MR) is 55.3 cm³/mol. The van der Waals surface area contributed by atoms with Gasteiger partial charge in [-0.3, -0.25) is 0 Å². The number of amides is 1. The van der Waals surface area contributed by atoms with Crippen LogP contribution in [0.1, 0.15) is 33.6 Å². The third kappa shape index (κ3) is 3.54. The lowest BCUT2D eigenvalue weighted by atomic mass is 10.2. The molecule has 0 unspecified atom stereocenters. The molecule has 4 nitrogen and oxygen atoms in total. The Labute approximate surface area is 85.4 Å². The molecule has 0 heterocycles. The molecule has 0 atom stereocenters. The van der Waals surface area contributed by atoms with Gasteiger partial charge in [-0.2, -0.15) is 0 Å². The summed E-state index contributed by atoms with van der Waals surface area (Å²) in [5.74, 6) is 0. The molecule has 1 fully saturated rings. The van der Waals surface area contributed by atoms with Crippen molar-refractivity contribution in [3.8, 4) is 0 Å². The third-order valence-corrected chi connectivity index (χ3v) is 2.35. The number of hydrogen-bond donors (Lipinski definition) is 2. The summed E-state index contributed by atoms with van der Waals surface area (Å²) in [7, 11) is 1.92. The molecule has 14 heavy (non-hydrogen) atoms. The van der Waals surface area contributed by atoms with Gasteiger partial charge >= 0.3 is 6.09 Å². The third-order valence-electron chi connectivity index (χ3n) is 2.35. The van der Waals surface area contributed by atoms with E-state index < -0.39 is 5.60 Å². The summed E-state index contributed by atoms with van der Waals surface area (Å²) >= 11 is 0. The van der Waals surface area contributed by atoms with Crippen LogP contribution >= 0.6 is 0 Å². The van der Waals surface area contributed by atoms with Gasteiger partial charge in [0.2, 0.25) is 0 Å². The van der Waals surface area contributed by atoms with Gasteiger partial charge in [-0.25, -0.2) is 4.79 Å². The van der Waals surface area contributed by atoms with Crippen LogP contribution in [0.4, 0.5) is 4.79 Å². The van der Waals surface area contributed by atoms with Gasteiger partial charge in [0.15, 0.2) is 0 Å². The second-order valence-corrected chi connectivity index (χ2v) is 4.89. The van der Waals surface area contributed by atoms with Gasteiger partial charge < -0.3 is 15.4 Å². The fraction of sp³-hybridized carbons (Fsp3) is 0.900. The van der Waals surface area contributed by atoms with Gasteiger partial charge in [0, 0.05) is 12.1 Å². The molecule has 0 radical (unpaired) electrons. The zero-order valence-corrected chi connectivity index (χ0v) is 9.44. The quantitative estimate of drug-likeness (QED) is 0.721. The minimum Gasteiger partial charge on any atom is -0.444 e. The van der Waals surface area contributed by atoms with Crippen LogP contribution < -0.4 is 10.6 Å². The monoisotopic (exact) mass is 200 g/mol. The molecular formula is C10H20N2O2. The minimum atomic E-state index is -0.416. The molecule has 1 aliphatic rings. The van der Waals surface area contributed by atoms with Crippen molar-refractivity contribution in [2.24, 2.45) is 0 Å². The van der Waals surface area contributed by atoms with Crippen molar-refractivity contribution in [2.45, 2.75) is 44.8 Å². The van der Waals surface area contributed by atoms with E-state index in [9.17, 15) is 4.79 Å². The average molecular weight is 200 g/mol. The zero-order chi connectivity index (χ0) is 10.8. The van der Waals surface area contributed by atoms with Crippen molar-refractivity contribution < 1.29 is 9.53 Å². The number of carbonyl (C=O) groups is 1. The topological polar surface area (TPSA) is 50.4 Å². The van der Waals surface area contributed by atoms with E-state index in [1.165, 1.54) is 0 Å². The first-order chi connectivity index (χ1) is 6.37. The minimum absolute atomic E-state index is 0.136. The van der Waals surface area contributed by atoms with E-state index in [-0.39, 0.29) is 11.6 Å². The summed E-state index contributed by atoms with van der Waals surface area (Å²) in [6.07, 6.45) is 1.91. The molecule has 1 amide bonds. The maximum Gasteiger partial charge on any atom is 0.407 e. The molecule has 0 aliphatic heterocycles. The molecule has 4 heteroatoms. The van der Waals surface area contributed by atoms with E-state index >= 15 is 0 Å². The second kappa shape index (κ2) is 3.77. The fourth-order valence-corrected chi connectivity index (χ4v) is 1.22. The Morgan fingerprint density at radius 3 is 2.36 bits per heavy atom. The number of nitrogens with one attached hydrogen (secondary N) is 2. The summed E-state index contributed by atoms with van der Waals surface area (Å²) in [6.45, 7) is 6.23. The lowest BCUT2D eigenvalue weighted by molar-refractivity contribution is 0.0521. The molecule has 0 aromatic carbocycles. The molecule has 2 N–H and O–H groups in total. The Kier molecular flexibility index (Phi) is 3.04. The standard InChI is InChI=1S/C10H20N2O2/c1-9(2,3)14-8(13)12-7-10(11-4)5-6-10/h11H,5-7H2,1-4H3,(H,12,13). The van der Waals surface area contributed by atoms with Crippen LogP contribution in [0.5, 0.6) is 0 Å². The largest absolute Gasteiger partial charge is 0.444 e. The molecule has 0 aromatic rings. The Morgan fingerprint density at radius 2 is 2.00 bits per heavy atom. The molecule has 1 saturated carbocycles. The normalized spacial score (nSPS) is 18.9. The Balaban J connectivity index is 2.22. The molecule has 0 bridgehead atoms. The molecule has 0 spiro atoms. The summed E-state index contributed by atoms with van der Waals surface area (Å²) in [6, 6.07) is 0. The van der Waals surface area contributed by atoms with Crippen LogP contribution in [-0.4, -0.2) is 30.8 Å². The lowest BCUT2D eigenvalue weighted by Gasteiger charge is -2.21. The van der Waals surface area contributed by atoms with Crippen LogP contribution in [0.3, 0.4) is 0 Å². The van der Waals surface area contributed by atoms with Crippen molar-refractivity contribution in [1.82, 2.24) is 10.6 Å². The Morgan fingerprint density at radius 1 is 1.43 bits per heavy atom. The number of alkyl carbamates (subject to hydrolysis) is 1. The lowest BCUT2D eigenvalue weighted by Crippen LogP contribution is -2.43. The smallest absolute Gasteiger partial charge is 0.407 e. The summed E-state index contributed by atoms with van der Waals surface area (Å²) in [4.78, 5) is 11.3. The van der Waals surface area contributed by atoms with Crippen molar-refractivity contribution in [3.05, 3.63) is 0 Å². The molecule has 1 rings (SSSR count). The average Bonchev–Trinajstić information content (AvgIpc) is 2.78. The van der Waals surface area contributed by atoms with Gasteiger partial charge in [-0.1, -0.05) is 0 Å². The number of carbonyl (C=O) groups excluding carboxylic acids is 1.